The molecule has 0 radical (unpaired) electrons. The average Bonchev–Trinajstić information content (AvgIpc) is 2.16. The fourth-order valence-electron chi connectivity index (χ4n) is 1.22. The first-order chi connectivity index (χ1) is 7.42. The maximum atomic E-state index is 12.3. The molecule has 0 aliphatic heterocycles. The fourth-order valence-corrected chi connectivity index (χ4v) is 2.44. The molecule has 1 aromatic rings. The Bertz CT molecular complexity index is 354. The second-order valence-corrected chi connectivity index (χ2v) is 5.49. The molecule has 0 saturated heterocycles. The monoisotopic (exact) mass is 332 g/mol. The Morgan fingerprint density at radius 3 is 2.56 bits per heavy atom. The van der Waals surface area contributed by atoms with E-state index < -0.39 is 5.51 Å². The highest BCUT2D eigenvalue weighted by Gasteiger charge is 2.30. The van der Waals surface area contributed by atoms with E-state index in [2.05, 4.69) is 15.9 Å². The normalized spacial score (nSPS) is 11.8. The van der Waals surface area contributed by atoms with E-state index >= 15 is 0 Å². The fraction of sp³-hybridized carbons (Fsp3) is 0.400. The van der Waals surface area contributed by atoms with E-state index in [4.69, 9.17) is 11.6 Å². The van der Waals surface area contributed by atoms with Gasteiger partial charge in [0.05, 0.1) is 0 Å². The summed E-state index contributed by atoms with van der Waals surface area (Å²) >= 11 is 8.70. The molecule has 0 fully saturated rings. The number of thioether (sulfide) groups is 1. The van der Waals surface area contributed by atoms with Crippen LogP contribution < -0.4 is 0 Å². The van der Waals surface area contributed by atoms with Crippen LogP contribution in [0.3, 0.4) is 0 Å². The molecule has 0 heterocycles. The van der Waals surface area contributed by atoms with Gasteiger partial charge in [0.1, 0.15) is 0 Å². The van der Waals surface area contributed by atoms with Crippen molar-refractivity contribution < 1.29 is 13.2 Å². The van der Waals surface area contributed by atoms with Crippen LogP contribution in [0.15, 0.2) is 27.6 Å². The number of benzene rings is 1. The summed E-state index contributed by atoms with van der Waals surface area (Å²) in [4.78, 5) is 0.251. The zero-order valence-corrected chi connectivity index (χ0v) is 11.3. The van der Waals surface area contributed by atoms with E-state index in [0.717, 1.165) is 4.47 Å². The van der Waals surface area contributed by atoms with Gasteiger partial charge in [0.2, 0.25) is 0 Å². The van der Waals surface area contributed by atoms with Crippen molar-refractivity contribution in [1.29, 1.82) is 0 Å². The molecular weight excluding hydrogens is 325 g/mol. The summed E-state index contributed by atoms with van der Waals surface area (Å²) in [5, 5.41) is 0. The van der Waals surface area contributed by atoms with E-state index in [1.807, 2.05) is 0 Å². The Labute approximate surface area is 110 Å². The summed E-state index contributed by atoms with van der Waals surface area (Å²) in [6, 6.07) is 4.80. The Morgan fingerprint density at radius 2 is 2.00 bits per heavy atom. The molecular formula is C10H9BrClF3S. The average molecular weight is 334 g/mol. The van der Waals surface area contributed by atoms with Crippen molar-refractivity contribution in [2.24, 2.45) is 0 Å². The van der Waals surface area contributed by atoms with Gasteiger partial charge < -0.3 is 0 Å². The smallest absolute Gasteiger partial charge is 0.160 e. The van der Waals surface area contributed by atoms with Gasteiger partial charge in [-0.05, 0) is 48.4 Å². The molecule has 0 spiro atoms. The lowest BCUT2D eigenvalue weighted by Crippen LogP contribution is -2.01. The summed E-state index contributed by atoms with van der Waals surface area (Å²) in [5.41, 5.74) is -3.57. The minimum atomic E-state index is -4.25. The Kier molecular flexibility index (Phi) is 5.47. The maximum Gasteiger partial charge on any atom is 0.446 e. The van der Waals surface area contributed by atoms with Crippen molar-refractivity contribution in [3.05, 3.63) is 28.2 Å². The Morgan fingerprint density at radius 1 is 1.31 bits per heavy atom. The van der Waals surface area contributed by atoms with E-state index in [9.17, 15) is 13.2 Å². The topological polar surface area (TPSA) is 0 Å². The third kappa shape index (κ3) is 4.97. The highest BCUT2D eigenvalue weighted by molar-refractivity contribution is 9.10. The highest BCUT2D eigenvalue weighted by Crippen LogP contribution is 2.39. The molecule has 0 aliphatic rings. The quantitative estimate of drug-likeness (QED) is 0.537. The molecule has 0 atom stereocenters. The number of aryl methyl sites for hydroxylation is 1. The van der Waals surface area contributed by atoms with E-state index in [1.54, 1.807) is 12.1 Å². The zero-order valence-electron chi connectivity index (χ0n) is 8.15. The zero-order chi connectivity index (χ0) is 12.2. The molecule has 6 heteroatoms. The molecule has 0 unspecified atom stereocenters. The van der Waals surface area contributed by atoms with Crippen molar-refractivity contribution in [2.45, 2.75) is 23.2 Å². The number of alkyl halides is 4. The molecule has 90 valence electrons. The minimum absolute atomic E-state index is 0.0774. The van der Waals surface area contributed by atoms with Crippen molar-refractivity contribution >= 4 is 39.3 Å². The van der Waals surface area contributed by atoms with Crippen molar-refractivity contribution in [2.75, 3.05) is 5.88 Å². The third-order valence-corrected chi connectivity index (χ3v) is 3.44. The standard InChI is InChI=1S/C10H9BrClF3S/c11-8-3-4-9(16-10(13,14)15)7(6-8)2-1-5-12/h3-4,6H,1-2,5H2. The van der Waals surface area contributed by atoms with Crippen molar-refractivity contribution in [3.8, 4) is 0 Å². The van der Waals surface area contributed by atoms with E-state index in [-0.39, 0.29) is 16.7 Å². The lowest BCUT2D eigenvalue weighted by molar-refractivity contribution is -0.0328. The highest BCUT2D eigenvalue weighted by atomic mass is 79.9. The van der Waals surface area contributed by atoms with Gasteiger partial charge in [-0.25, -0.2) is 0 Å². The number of hydrogen-bond donors (Lipinski definition) is 0. The first-order valence-electron chi connectivity index (χ1n) is 4.52. The predicted octanol–water partition coefficient (Wildman–Crippen LogP) is 5.23. The molecule has 0 bridgehead atoms. The van der Waals surface area contributed by atoms with Crippen LogP contribution in [0.25, 0.3) is 0 Å². The molecule has 0 aromatic heterocycles. The van der Waals surface area contributed by atoms with Crippen molar-refractivity contribution in [3.63, 3.8) is 0 Å². The predicted molar refractivity (Wildman–Crippen MR) is 65.1 cm³/mol. The van der Waals surface area contributed by atoms with Gasteiger partial charge in [-0.3, -0.25) is 0 Å². The number of halogens is 5. The third-order valence-electron chi connectivity index (χ3n) is 1.83. The minimum Gasteiger partial charge on any atom is -0.160 e. The van der Waals surface area contributed by atoms with Crippen LogP contribution in [0.4, 0.5) is 13.2 Å². The number of hydrogen-bond acceptors (Lipinski definition) is 1. The van der Waals surface area contributed by atoms with Gasteiger partial charge in [0.15, 0.2) is 0 Å². The second kappa shape index (κ2) is 6.17. The molecule has 0 N–H and O–H groups in total. The summed E-state index contributed by atoms with van der Waals surface area (Å²) in [6.07, 6.45) is 1.23. The molecule has 16 heavy (non-hydrogen) atoms. The van der Waals surface area contributed by atoms with Crippen LogP contribution in [-0.2, 0) is 6.42 Å². The first-order valence-corrected chi connectivity index (χ1v) is 6.67. The van der Waals surface area contributed by atoms with Gasteiger partial charge in [-0.15, -0.1) is 11.6 Å². The summed E-state index contributed by atoms with van der Waals surface area (Å²) in [7, 11) is 0. The van der Waals surface area contributed by atoms with Crippen molar-refractivity contribution in [1.82, 2.24) is 0 Å². The van der Waals surface area contributed by atoms with E-state index in [0.29, 0.717) is 24.3 Å². The summed E-state index contributed by atoms with van der Waals surface area (Å²) in [6.45, 7) is 0. The largest absolute Gasteiger partial charge is 0.446 e. The van der Waals surface area contributed by atoms with Gasteiger partial charge in [0.25, 0.3) is 0 Å². The molecule has 0 nitrogen and oxygen atoms in total. The Hall–Kier alpha value is 0.130. The lowest BCUT2D eigenvalue weighted by Gasteiger charge is -2.11. The van der Waals surface area contributed by atoms with E-state index in [1.165, 1.54) is 6.07 Å². The van der Waals surface area contributed by atoms with Crippen LogP contribution in [0.2, 0.25) is 0 Å². The van der Waals surface area contributed by atoms with Crippen LogP contribution in [0, 0.1) is 0 Å². The van der Waals surface area contributed by atoms with Gasteiger partial charge in [0, 0.05) is 15.2 Å². The van der Waals surface area contributed by atoms with Gasteiger partial charge in [-0.2, -0.15) is 13.2 Å². The van der Waals surface area contributed by atoms with Gasteiger partial charge in [-0.1, -0.05) is 15.9 Å². The molecule has 0 saturated carbocycles. The summed E-state index contributed by atoms with van der Waals surface area (Å²) < 4.78 is 37.6. The SMILES string of the molecule is FC(F)(F)Sc1ccc(Br)cc1CCCCl. The van der Waals surface area contributed by atoms with Crippen LogP contribution in [0.5, 0.6) is 0 Å². The molecule has 0 aliphatic carbocycles. The van der Waals surface area contributed by atoms with Crippen LogP contribution in [0.1, 0.15) is 12.0 Å². The molecule has 0 amide bonds. The molecule has 1 rings (SSSR count). The number of rotatable bonds is 4. The first kappa shape index (κ1) is 14.2. The Balaban J connectivity index is 2.89. The lowest BCUT2D eigenvalue weighted by atomic mass is 10.1. The van der Waals surface area contributed by atoms with Crippen LogP contribution in [-0.4, -0.2) is 11.4 Å². The van der Waals surface area contributed by atoms with Crippen LogP contribution >= 0.6 is 39.3 Å². The summed E-state index contributed by atoms with van der Waals surface area (Å²) in [5.74, 6) is 0.447. The molecule has 1 aromatic carbocycles. The second-order valence-electron chi connectivity index (χ2n) is 3.09. The maximum absolute atomic E-state index is 12.3. The van der Waals surface area contributed by atoms with Gasteiger partial charge >= 0.3 is 5.51 Å².